The summed E-state index contributed by atoms with van der Waals surface area (Å²) in [5.41, 5.74) is 0.936. The third-order valence-electron chi connectivity index (χ3n) is 5.75. The van der Waals surface area contributed by atoms with Crippen molar-refractivity contribution in [2.45, 2.75) is 24.4 Å². The number of anilines is 1. The van der Waals surface area contributed by atoms with Crippen LogP contribution in [0.1, 0.15) is 27.0 Å². The summed E-state index contributed by atoms with van der Waals surface area (Å²) >= 11 is 0. The Morgan fingerprint density at radius 2 is 1.76 bits per heavy atom. The van der Waals surface area contributed by atoms with Crippen LogP contribution in [0.5, 0.6) is 0 Å². The molecule has 37 heavy (non-hydrogen) atoms. The number of carbonyl (C=O) groups excluding carboxylic acids is 2. The molecule has 0 aromatic heterocycles. The molecule has 0 spiro atoms. The van der Waals surface area contributed by atoms with Crippen molar-refractivity contribution in [3.8, 4) is 0 Å². The number of hydrogen-bond acceptors (Lipinski definition) is 5. The van der Waals surface area contributed by atoms with E-state index in [1.54, 1.807) is 0 Å². The molecule has 1 aliphatic rings. The van der Waals surface area contributed by atoms with Crippen LogP contribution in [0.15, 0.2) is 76.6 Å². The summed E-state index contributed by atoms with van der Waals surface area (Å²) in [4.78, 5) is 29.4. The first-order valence-corrected chi connectivity index (χ1v) is 12.7. The number of aryl methyl sites for hydroxylation is 1. The van der Waals surface area contributed by atoms with E-state index >= 15 is 0 Å². The number of alkyl halides is 3. The number of nitrogens with one attached hydrogen (secondary N) is 2. The highest BCUT2D eigenvalue weighted by molar-refractivity contribution is 7.92. The molecule has 4 rings (SSSR count). The zero-order valence-corrected chi connectivity index (χ0v) is 20.4. The maximum absolute atomic E-state index is 13.0. The number of benzene rings is 3. The van der Waals surface area contributed by atoms with Gasteiger partial charge in [0.1, 0.15) is 5.92 Å². The molecule has 1 aliphatic heterocycles. The maximum Gasteiger partial charge on any atom is 0.416 e. The van der Waals surface area contributed by atoms with E-state index in [-0.39, 0.29) is 21.8 Å². The molecule has 0 fully saturated rings. The Morgan fingerprint density at radius 3 is 2.46 bits per heavy atom. The van der Waals surface area contributed by atoms with Gasteiger partial charge in [0.15, 0.2) is 5.78 Å². The first-order valence-electron chi connectivity index (χ1n) is 11.2. The summed E-state index contributed by atoms with van der Waals surface area (Å²) < 4.78 is 66.7. The molecular weight excluding hydrogens is 507 g/mol. The van der Waals surface area contributed by atoms with Gasteiger partial charge in [-0.2, -0.15) is 13.2 Å². The smallest absolute Gasteiger partial charge is 0.355 e. The largest absolute Gasteiger partial charge is 0.416 e. The van der Waals surface area contributed by atoms with Gasteiger partial charge in [0.05, 0.1) is 16.1 Å². The predicted molar refractivity (Wildman–Crippen MR) is 133 cm³/mol. The SMILES string of the molecule is Cc1ccc(CCNC(=O)C2C=Nc3ccc(S(=O)(=O)Nc4cccc(C(F)(F)F)c4)cc3C2=O)cc1. The predicted octanol–water partition coefficient (Wildman–Crippen LogP) is 4.69. The van der Waals surface area contributed by atoms with Crippen LogP contribution in [0.25, 0.3) is 0 Å². The zero-order valence-electron chi connectivity index (χ0n) is 19.5. The molecule has 2 N–H and O–H groups in total. The summed E-state index contributed by atoms with van der Waals surface area (Å²) in [6.07, 6.45) is -2.88. The molecule has 3 aromatic carbocycles. The third-order valence-corrected chi connectivity index (χ3v) is 7.13. The minimum atomic E-state index is -4.65. The Bertz CT molecular complexity index is 1480. The monoisotopic (exact) mass is 529 g/mol. The van der Waals surface area contributed by atoms with Gasteiger partial charge in [0.25, 0.3) is 10.0 Å². The van der Waals surface area contributed by atoms with Crippen LogP contribution in [-0.2, 0) is 27.4 Å². The van der Waals surface area contributed by atoms with Crippen LogP contribution in [-0.4, -0.2) is 32.9 Å². The second-order valence-electron chi connectivity index (χ2n) is 8.51. The fraction of sp³-hybridized carbons (Fsp3) is 0.192. The Hall–Kier alpha value is -3.99. The molecule has 11 heteroatoms. The van der Waals surface area contributed by atoms with E-state index in [4.69, 9.17) is 0 Å². The van der Waals surface area contributed by atoms with E-state index in [0.717, 1.165) is 29.3 Å². The van der Waals surface area contributed by atoms with Gasteiger partial charge < -0.3 is 5.32 Å². The number of hydrogen-bond donors (Lipinski definition) is 2. The van der Waals surface area contributed by atoms with E-state index in [2.05, 4.69) is 15.0 Å². The Labute approximate surface area is 211 Å². The van der Waals surface area contributed by atoms with Crippen molar-refractivity contribution >= 4 is 39.3 Å². The van der Waals surface area contributed by atoms with Crippen LogP contribution in [0, 0.1) is 12.8 Å². The lowest BCUT2D eigenvalue weighted by Gasteiger charge is -2.18. The van der Waals surface area contributed by atoms with Gasteiger partial charge in [-0.15, -0.1) is 0 Å². The first kappa shape index (κ1) is 26.1. The number of nitrogens with zero attached hydrogens (tertiary/aromatic N) is 1. The quantitative estimate of drug-likeness (QED) is 0.434. The molecule has 7 nitrogen and oxygen atoms in total. The van der Waals surface area contributed by atoms with Crippen molar-refractivity contribution in [1.29, 1.82) is 0 Å². The van der Waals surface area contributed by atoms with Crippen LogP contribution in [0.2, 0.25) is 0 Å². The molecule has 192 valence electrons. The summed E-state index contributed by atoms with van der Waals surface area (Å²) in [5, 5.41) is 2.70. The zero-order chi connectivity index (χ0) is 26.8. The van der Waals surface area contributed by atoms with Crippen LogP contribution < -0.4 is 10.0 Å². The van der Waals surface area contributed by atoms with Crippen LogP contribution in [0.3, 0.4) is 0 Å². The van der Waals surface area contributed by atoms with E-state index < -0.39 is 39.4 Å². The Kier molecular flexibility index (Phi) is 7.17. The fourth-order valence-corrected chi connectivity index (χ4v) is 4.81. The van der Waals surface area contributed by atoms with Crippen molar-refractivity contribution in [1.82, 2.24) is 5.32 Å². The van der Waals surface area contributed by atoms with Gasteiger partial charge in [0.2, 0.25) is 5.91 Å². The molecule has 0 saturated heterocycles. The molecular formula is C26H22F3N3O4S. The highest BCUT2D eigenvalue weighted by Gasteiger charge is 2.33. The lowest BCUT2D eigenvalue weighted by atomic mass is 9.94. The summed E-state index contributed by atoms with van der Waals surface area (Å²) in [7, 11) is -4.34. The normalized spacial score (nSPS) is 15.2. The average Bonchev–Trinajstić information content (AvgIpc) is 2.84. The minimum Gasteiger partial charge on any atom is -0.355 e. The lowest BCUT2D eigenvalue weighted by Crippen LogP contribution is -2.38. The van der Waals surface area contributed by atoms with Gasteiger partial charge in [-0.05, 0) is 55.3 Å². The number of ketones is 1. The molecule has 0 radical (unpaired) electrons. The number of halogens is 3. The molecule has 1 heterocycles. The lowest BCUT2D eigenvalue weighted by molar-refractivity contribution is -0.137. The van der Waals surface area contributed by atoms with E-state index in [9.17, 15) is 31.2 Å². The molecule has 0 saturated carbocycles. The maximum atomic E-state index is 13.0. The number of carbonyl (C=O) groups is 2. The van der Waals surface area contributed by atoms with Gasteiger partial charge in [-0.1, -0.05) is 35.9 Å². The van der Waals surface area contributed by atoms with Crippen LogP contribution in [0.4, 0.5) is 24.5 Å². The molecule has 1 unspecified atom stereocenters. The van der Waals surface area contributed by atoms with Crippen molar-refractivity contribution < 1.29 is 31.2 Å². The second kappa shape index (κ2) is 10.2. The fourth-order valence-electron chi connectivity index (χ4n) is 3.74. The average molecular weight is 530 g/mol. The summed E-state index contributed by atoms with van der Waals surface area (Å²) in [5.74, 6) is -2.43. The first-order chi connectivity index (χ1) is 17.4. The molecule has 1 atom stereocenters. The third kappa shape index (κ3) is 6.05. The second-order valence-corrected chi connectivity index (χ2v) is 10.2. The summed E-state index contributed by atoms with van der Waals surface area (Å²) in [6.45, 7) is 2.26. The Morgan fingerprint density at radius 1 is 1.03 bits per heavy atom. The molecule has 0 bridgehead atoms. The van der Waals surface area contributed by atoms with Gasteiger partial charge in [-0.25, -0.2) is 8.42 Å². The van der Waals surface area contributed by atoms with E-state index in [1.165, 1.54) is 24.4 Å². The number of fused-ring (bicyclic) bond motifs is 1. The van der Waals surface area contributed by atoms with Gasteiger partial charge >= 0.3 is 6.18 Å². The highest BCUT2D eigenvalue weighted by atomic mass is 32.2. The topological polar surface area (TPSA) is 105 Å². The van der Waals surface area contributed by atoms with Crippen molar-refractivity contribution in [3.63, 3.8) is 0 Å². The highest BCUT2D eigenvalue weighted by Crippen LogP contribution is 2.32. The van der Waals surface area contributed by atoms with Crippen molar-refractivity contribution in [2.24, 2.45) is 10.9 Å². The van der Waals surface area contributed by atoms with Gasteiger partial charge in [-0.3, -0.25) is 19.3 Å². The van der Waals surface area contributed by atoms with Crippen molar-refractivity contribution in [2.75, 3.05) is 11.3 Å². The number of sulfonamides is 1. The molecule has 0 aliphatic carbocycles. The summed E-state index contributed by atoms with van der Waals surface area (Å²) in [6, 6.07) is 15.1. The number of rotatable bonds is 7. The number of aliphatic imine (C=N–C) groups is 1. The standard InChI is InChI=1S/C26H22F3N3O4S/c1-16-5-7-17(8-6-16)11-12-30-25(34)22-15-31-23-10-9-20(14-21(23)24(22)33)37(35,36)32-19-4-2-3-18(13-19)26(27,28)29/h2-10,13-15,22,32H,11-12H2,1H3,(H,30,34). The Balaban J connectivity index is 1.47. The number of amides is 1. The van der Waals surface area contributed by atoms with E-state index in [0.29, 0.717) is 19.0 Å². The molecule has 3 aromatic rings. The molecule has 1 amide bonds. The van der Waals surface area contributed by atoms with Gasteiger partial charge in [0, 0.05) is 24.0 Å². The van der Waals surface area contributed by atoms with E-state index in [1.807, 2.05) is 31.2 Å². The van der Waals surface area contributed by atoms with Crippen LogP contribution >= 0.6 is 0 Å². The minimum absolute atomic E-state index is 0.0758. The van der Waals surface area contributed by atoms with Crippen molar-refractivity contribution in [3.05, 3.63) is 89.0 Å². The number of Topliss-reactive ketones (excluding diaryl/α,β-unsaturated/α-hetero) is 1.